The summed E-state index contributed by atoms with van der Waals surface area (Å²) in [6, 6.07) is 34.6. The van der Waals surface area contributed by atoms with Crippen molar-refractivity contribution in [3.8, 4) is 16.8 Å². The molecule has 0 saturated heterocycles. The third-order valence-corrected chi connectivity index (χ3v) is 5.13. The van der Waals surface area contributed by atoms with Crippen LogP contribution in [0, 0.1) is 6.92 Å². The van der Waals surface area contributed by atoms with E-state index in [0.29, 0.717) is 0 Å². The van der Waals surface area contributed by atoms with E-state index >= 15 is 0 Å². The Balaban J connectivity index is 1.77. The van der Waals surface area contributed by atoms with Gasteiger partial charge in [-0.1, -0.05) is 72.8 Å². The molecular formula is C25H19N. The number of nitrogens with zero attached hydrogens (tertiary/aromatic N) is 1. The fraction of sp³-hybridized carbons (Fsp3) is 0.0400. The molecule has 1 heteroatoms. The first-order valence-corrected chi connectivity index (χ1v) is 8.97. The molecule has 0 amide bonds. The van der Waals surface area contributed by atoms with E-state index in [-0.39, 0.29) is 0 Å². The Morgan fingerprint density at radius 2 is 1.15 bits per heavy atom. The lowest BCUT2D eigenvalue weighted by Gasteiger charge is -2.12. The molecule has 0 unspecified atom stereocenters. The van der Waals surface area contributed by atoms with Crippen molar-refractivity contribution < 1.29 is 0 Å². The van der Waals surface area contributed by atoms with Gasteiger partial charge in [-0.15, -0.1) is 0 Å². The van der Waals surface area contributed by atoms with Crippen LogP contribution in [0.5, 0.6) is 0 Å². The van der Waals surface area contributed by atoms with Gasteiger partial charge in [0.15, 0.2) is 0 Å². The monoisotopic (exact) mass is 333 g/mol. The van der Waals surface area contributed by atoms with Crippen molar-refractivity contribution in [2.45, 2.75) is 6.92 Å². The van der Waals surface area contributed by atoms with Crippen LogP contribution in [0.4, 0.5) is 0 Å². The number of hydrogen-bond acceptors (Lipinski definition) is 0. The smallest absolute Gasteiger partial charge is 0.0541 e. The highest BCUT2D eigenvalue weighted by Crippen LogP contribution is 2.33. The fourth-order valence-corrected chi connectivity index (χ4v) is 3.93. The first-order valence-electron chi connectivity index (χ1n) is 8.97. The fourth-order valence-electron chi connectivity index (χ4n) is 3.93. The van der Waals surface area contributed by atoms with Crippen molar-refractivity contribution in [2.24, 2.45) is 0 Å². The Hall–Kier alpha value is -3.32. The number of rotatable bonds is 2. The van der Waals surface area contributed by atoms with Gasteiger partial charge in [0.05, 0.1) is 11.0 Å². The topological polar surface area (TPSA) is 4.93 Å². The predicted molar refractivity (Wildman–Crippen MR) is 111 cm³/mol. The Morgan fingerprint density at radius 1 is 0.577 bits per heavy atom. The lowest BCUT2D eigenvalue weighted by atomic mass is 10.00. The summed E-state index contributed by atoms with van der Waals surface area (Å²) in [6.45, 7) is 2.19. The van der Waals surface area contributed by atoms with Crippen LogP contribution in [-0.2, 0) is 0 Å². The van der Waals surface area contributed by atoms with E-state index in [0.717, 1.165) is 0 Å². The Kier molecular flexibility index (Phi) is 3.39. The summed E-state index contributed by atoms with van der Waals surface area (Å²) in [4.78, 5) is 0. The lowest BCUT2D eigenvalue weighted by molar-refractivity contribution is 1.17. The van der Waals surface area contributed by atoms with Crippen LogP contribution in [0.2, 0.25) is 0 Å². The average Bonchev–Trinajstić information content (AvgIpc) is 3.03. The summed E-state index contributed by atoms with van der Waals surface area (Å²) in [5, 5.41) is 2.60. The second kappa shape index (κ2) is 5.89. The molecule has 0 fully saturated rings. The third kappa shape index (κ3) is 2.25. The molecule has 1 heterocycles. The summed E-state index contributed by atoms with van der Waals surface area (Å²) in [6.07, 6.45) is 0. The first kappa shape index (κ1) is 15.0. The molecule has 4 aromatic carbocycles. The highest BCUT2D eigenvalue weighted by Gasteiger charge is 2.12. The van der Waals surface area contributed by atoms with Crippen LogP contribution in [0.3, 0.4) is 0 Å². The summed E-state index contributed by atoms with van der Waals surface area (Å²) < 4.78 is 2.37. The molecule has 124 valence electrons. The second-order valence-electron chi connectivity index (χ2n) is 6.73. The van der Waals surface area contributed by atoms with Crippen LogP contribution in [0.25, 0.3) is 38.6 Å². The van der Waals surface area contributed by atoms with Gasteiger partial charge in [-0.3, -0.25) is 0 Å². The third-order valence-electron chi connectivity index (χ3n) is 5.13. The van der Waals surface area contributed by atoms with Gasteiger partial charge >= 0.3 is 0 Å². The number of aromatic nitrogens is 1. The normalized spacial score (nSPS) is 11.3. The minimum Gasteiger partial charge on any atom is -0.309 e. The summed E-state index contributed by atoms with van der Waals surface area (Å²) in [5.41, 5.74) is 7.55. The number of para-hydroxylation sites is 2. The van der Waals surface area contributed by atoms with Crippen molar-refractivity contribution in [3.05, 3.63) is 103 Å². The maximum absolute atomic E-state index is 2.37. The highest BCUT2D eigenvalue weighted by molar-refractivity contribution is 6.09. The molecule has 0 saturated carbocycles. The Labute approximate surface area is 153 Å². The molecule has 0 radical (unpaired) electrons. The van der Waals surface area contributed by atoms with Gasteiger partial charge in [0.2, 0.25) is 0 Å². The van der Waals surface area contributed by atoms with Crippen molar-refractivity contribution in [1.82, 2.24) is 4.57 Å². The van der Waals surface area contributed by atoms with Crippen molar-refractivity contribution in [3.63, 3.8) is 0 Å². The molecule has 1 nitrogen and oxygen atoms in total. The Morgan fingerprint density at radius 3 is 1.77 bits per heavy atom. The lowest BCUT2D eigenvalue weighted by Crippen LogP contribution is -1.95. The molecule has 1 aromatic heterocycles. The van der Waals surface area contributed by atoms with Gasteiger partial charge in [0.1, 0.15) is 0 Å². The zero-order valence-corrected chi connectivity index (χ0v) is 14.7. The Bertz CT molecular complexity index is 1180. The summed E-state index contributed by atoms with van der Waals surface area (Å²) in [7, 11) is 0. The summed E-state index contributed by atoms with van der Waals surface area (Å²) in [5.74, 6) is 0. The molecule has 0 aliphatic heterocycles. The van der Waals surface area contributed by atoms with E-state index in [1.165, 1.54) is 44.2 Å². The van der Waals surface area contributed by atoms with Crippen LogP contribution in [-0.4, -0.2) is 4.57 Å². The van der Waals surface area contributed by atoms with Gasteiger partial charge in [0.25, 0.3) is 0 Å². The van der Waals surface area contributed by atoms with Gasteiger partial charge in [0, 0.05) is 16.5 Å². The minimum absolute atomic E-state index is 1.21. The number of hydrogen-bond donors (Lipinski definition) is 0. The molecule has 5 rings (SSSR count). The van der Waals surface area contributed by atoms with Crippen molar-refractivity contribution >= 4 is 21.8 Å². The molecule has 0 spiro atoms. The van der Waals surface area contributed by atoms with E-state index in [9.17, 15) is 0 Å². The van der Waals surface area contributed by atoms with Gasteiger partial charge in [-0.2, -0.15) is 0 Å². The second-order valence-corrected chi connectivity index (χ2v) is 6.73. The van der Waals surface area contributed by atoms with E-state index in [4.69, 9.17) is 0 Å². The standard InChI is InChI=1S/C25H19N/c1-18-17-20(15-16-21(18)19-9-3-2-4-10-19)26-24-13-7-5-11-22(24)23-12-6-8-14-25(23)26/h2-17H,1H3. The number of fused-ring (bicyclic) bond motifs is 3. The van der Waals surface area contributed by atoms with E-state index in [1.54, 1.807) is 0 Å². The van der Waals surface area contributed by atoms with Gasteiger partial charge in [-0.05, 0) is 47.9 Å². The molecule has 0 aliphatic carbocycles. The SMILES string of the molecule is Cc1cc(-n2c3ccccc3c3ccccc32)ccc1-c1ccccc1. The number of benzene rings is 4. The quantitative estimate of drug-likeness (QED) is 0.336. The minimum atomic E-state index is 1.21. The van der Waals surface area contributed by atoms with Gasteiger partial charge < -0.3 is 4.57 Å². The molecular weight excluding hydrogens is 314 g/mol. The molecule has 0 N–H and O–H groups in total. The molecule has 0 bridgehead atoms. The zero-order chi connectivity index (χ0) is 17.5. The highest BCUT2D eigenvalue weighted by atomic mass is 15.0. The first-order chi connectivity index (χ1) is 12.8. The molecule has 26 heavy (non-hydrogen) atoms. The largest absolute Gasteiger partial charge is 0.309 e. The van der Waals surface area contributed by atoms with Gasteiger partial charge in [-0.25, -0.2) is 0 Å². The predicted octanol–water partition coefficient (Wildman–Crippen LogP) is 6.76. The molecule has 0 atom stereocenters. The van der Waals surface area contributed by atoms with Crippen molar-refractivity contribution in [2.75, 3.05) is 0 Å². The van der Waals surface area contributed by atoms with E-state index in [2.05, 4.69) is 109 Å². The van der Waals surface area contributed by atoms with Crippen molar-refractivity contribution in [1.29, 1.82) is 0 Å². The average molecular weight is 333 g/mol. The maximum Gasteiger partial charge on any atom is 0.0541 e. The van der Waals surface area contributed by atoms with Crippen LogP contribution in [0.1, 0.15) is 5.56 Å². The zero-order valence-electron chi connectivity index (χ0n) is 14.7. The van der Waals surface area contributed by atoms with Crippen LogP contribution < -0.4 is 0 Å². The van der Waals surface area contributed by atoms with E-state index < -0.39 is 0 Å². The van der Waals surface area contributed by atoms with Crippen LogP contribution >= 0.6 is 0 Å². The molecule has 0 aliphatic rings. The maximum atomic E-state index is 2.37. The number of aryl methyl sites for hydroxylation is 1. The van der Waals surface area contributed by atoms with E-state index in [1.807, 2.05) is 0 Å². The van der Waals surface area contributed by atoms with Crippen LogP contribution in [0.15, 0.2) is 97.1 Å². The molecule has 5 aromatic rings. The summed E-state index contributed by atoms with van der Waals surface area (Å²) >= 11 is 0.